The van der Waals surface area contributed by atoms with Crippen LogP contribution in [0.15, 0.2) is 0 Å². The molecular formula is C10H23N3O2S. The monoisotopic (exact) mass is 249 g/mol. The molecule has 1 fully saturated rings. The lowest BCUT2D eigenvalue weighted by molar-refractivity contribution is 0.230. The van der Waals surface area contributed by atoms with Gasteiger partial charge in [0.05, 0.1) is 0 Å². The summed E-state index contributed by atoms with van der Waals surface area (Å²) in [6, 6.07) is 0. The number of hydrogen-bond acceptors (Lipinski definition) is 3. The first-order valence-corrected chi connectivity index (χ1v) is 7.40. The summed E-state index contributed by atoms with van der Waals surface area (Å²) in [5, 5.41) is 0. The zero-order chi connectivity index (χ0) is 12.2. The van der Waals surface area contributed by atoms with E-state index >= 15 is 0 Å². The van der Waals surface area contributed by atoms with Crippen molar-refractivity contribution in [3.8, 4) is 0 Å². The molecule has 0 amide bonds. The van der Waals surface area contributed by atoms with Gasteiger partial charge in [-0.15, -0.1) is 0 Å². The van der Waals surface area contributed by atoms with Gasteiger partial charge in [0.2, 0.25) is 0 Å². The van der Waals surface area contributed by atoms with Gasteiger partial charge in [0, 0.05) is 18.6 Å². The summed E-state index contributed by atoms with van der Waals surface area (Å²) in [5.74, 6) is 0.670. The summed E-state index contributed by atoms with van der Waals surface area (Å²) in [7, 11) is -3.40. The zero-order valence-electron chi connectivity index (χ0n) is 10.1. The Morgan fingerprint density at radius 1 is 1.38 bits per heavy atom. The summed E-state index contributed by atoms with van der Waals surface area (Å²) in [5.41, 5.74) is 5.30. The summed E-state index contributed by atoms with van der Waals surface area (Å²) < 4.78 is 28.5. The minimum absolute atomic E-state index is 0.365. The van der Waals surface area contributed by atoms with Gasteiger partial charge in [-0.3, -0.25) is 0 Å². The van der Waals surface area contributed by atoms with Crippen molar-refractivity contribution in [2.45, 2.75) is 45.1 Å². The molecule has 0 unspecified atom stereocenters. The Kier molecular flexibility index (Phi) is 4.73. The molecule has 0 bridgehead atoms. The fourth-order valence-electron chi connectivity index (χ4n) is 2.17. The van der Waals surface area contributed by atoms with Crippen LogP contribution in [0.1, 0.15) is 39.5 Å². The van der Waals surface area contributed by atoms with Gasteiger partial charge in [0.25, 0.3) is 10.2 Å². The first-order chi connectivity index (χ1) is 7.43. The van der Waals surface area contributed by atoms with E-state index in [1.54, 1.807) is 6.92 Å². The third-order valence-corrected chi connectivity index (χ3v) is 4.68. The van der Waals surface area contributed by atoms with Crippen LogP contribution in [0.2, 0.25) is 0 Å². The molecule has 6 heteroatoms. The molecule has 1 aliphatic rings. The van der Waals surface area contributed by atoms with Crippen molar-refractivity contribution < 1.29 is 8.42 Å². The minimum Gasteiger partial charge on any atom is -0.329 e. The Hall–Kier alpha value is -0.170. The van der Waals surface area contributed by atoms with E-state index in [9.17, 15) is 8.42 Å². The maximum absolute atomic E-state index is 11.7. The van der Waals surface area contributed by atoms with Crippen LogP contribution >= 0.6 is 0 Å². The molecule has 96 valence electrons. The highest BCUT2D eigenvalue weighted by molar-refractivity contribution is 7.87. The lowest BCUT2D eigenvalue weighted by atomic mass is 9.78. The Morgan fingerprint density at radius 2 is 1.94 bits per heavy atom. The number of rotatable bonds is 5. The first kappa shape index (κ1) is 13.9. The van der Waals surface area contributed by atoms with Crippen LogP contribution in [0.3, 0.4) is 0 Å². The number of nitrogens with two attached hydrogens (primary N) is 1. The SMILES string of the molecule is CCNS(=O)(=O)NC1(CN)CCC(C)CC1. The average Bonchev–Trinajstić information content (AvgIpc) is 2.21. The summed E-state index contributed by atoms with van der Waals surface area (Å²) in [6.45, 7) is 4.72. The van der Waals surface area contributed by atoms with Crippen LogP contribution in [-0.4, -0.2) is 27.0 Å². The minimum atomic E-state index is -3.40. The van der Waals surface area contributed by atoms with Gasteiger partial charge in [0.15, 0.2) is 0 Å². The second-order valence-electron chi connectivity index (χ2n) is 4.77. The van der Waals surface area contributed by atoms with Crippen molar-refractivity contribution in [2.75, 3.05) is 13.1 Å². The van der Waals surface area contributed by atoms with Crippen molar-refractivity contribution >= 4 is 10.2 Å². The molecule has 0 aromatic carbocycles. The Balaban J connectivity index is 2.67. The second kappa shape index (κ2) is 5.44. The van der Waals surface area contributed by atoms with Gasteiger partial charge in [0.1, 0.15) is 0 Å². The van der Waals surface area contributed by atoms with E-state index in [1.165, 1.54) is 0 Å². The summed E-state index contributed by atoms with van der Waals surface area (Å²) >= 11 is 0. The first-order valence-electron chi connectivity index (χ1n) is 5.91. The molecule has 0 atom stereocenters. The third-order valence-electron chi connectivity index (χ3n) is 3.31. The fourth-order valence-corrected chi connectivity index (χ4v) is 3.48. The highest BCUT2D eigenvalue weighted by atomic mass is 32.2. The van der Waals surface area contributed by atoms with Gasteiger partial charge < -0.3 is 5.73 Å². The zero-order valence-corrected chi connectivity index (χ0v) is 10.9. The molecule has 0 aromatic heterocycles. The molecule has 1 saturated carbocycles. The summed E-state index contributed by atoms with van der Waals surface area (Å²) in [6.07, 6.45) is 3.72. The third kappa shape index (κ3) is 3.69. The predicted octanol–water partition coefficient (Wildman–Crippen LogP) is 0.338. The molecule has 0 aromatic rings. The molecule has 4 N–H and O–H groups in total. The van der Waals surface area contributed by atoms with Gasteiger partial charge in [-0.1, -0.05) is 13.8 Å². The fraction of sp³-hybridized carbons (Fsp3) is 1.00. The topological polar surface area (TPSA) is 84.2 Å². The molecule has 0 heterocycles. The van der Waals surface area contributed by atoms with Gasteiger partial charge in [-0.25, -0.2) is 4.72 Å². The molecular weight excluding hydrogens is 226 g/mol. The van der Waals surface area contributed by atoms with Gasteiger partial charge in [-0.2, -0.15) is 13.1 Å². The standard InChI is InChI=1S/C10H23N3O2S/c1-3-12-16(14,15)13-10(8-11)6-4-9(2)5-7-10/h9,12-13H,3-8,11H2,1-2H3. The van der Waals surface area contributed by atoms with Crippen LogP contribution in [0.25, 0.3) is 0 Å². The summed E-state index contributed by atoms with van der Waals surface area (Å²) in [4.78, 5) is 0. The molecule has 1 aliphatic carbocycles. The molecule has 0 saturated heterocycles. The highest BCUT2D eigenvalue weighted by Gasteiger charge is 2.36. The van der Waals surface area contributed by atoms with Crippen molar-refractivity contribution in [3.63, 3.8) is 0 Å². The Morgan fingerprint density at radius 3 is 2.38 bits per heavy atom. The second-order valence-corrected chi connectivity index (χ2v) is 6.27. The van der Waals surface area contributed by atoms with Gasteiger partial charge in [-0.05, 0) is 31.6 Å². The molecule has 0 spiro atoms. The van der Waals surface area contributed by atoms with Crippen molar-refractivity contribution in [2.24, 2.45) is 11.7 Å². The van der Waals surface area contributed by atoms with Crippen LogP contribution in [-0.2, 0) is 10.2 Å². The molecule has 0 aliphatic heterocycles. The highest BCUT2D eigenvalue weighted by Crippen LogP contribution is 2.31. The lowest BCUT2D eigenvalue weighted by Gasteiger charge is -2.38. The Labute approximate surface area is 98.4 Å². The maximum Gasteiger partial charge on any atom is 0.277 e. The predicted molar refractivity (Wildman–Crippen MR) is 65.1 cm³/mol. The van der Waals surface area contributed by atoms with E-state index in [2.05, 4.69) is 16.4 Å². The van der Waals surface area contributed by atoms with Crippen molar-refractivity contribution in [1.82, 2.24) is 9.44 Å². The van der Waals surface area contributed by atoms with Crippen molar-refractivity contribution in [1.29, 1.82) is 0 Å². The van der Waals surface area contributed by atoms with E-state index in [4.69, 9.17) is 5.73 Å². The van der Waals surface area contributed by atoms with E-state index in [0.29, 0.717) is 19.0 Å². The van der Waals surface area contributed by atoms with E-state index in [-0.39, 0.29) is 0 Å². The maximum atomic E-state index is 11.7. The quantitative estimate of drug-likeness (QED) is 0.657. The van der Waals surface area contributed by atoms with Crippen LogP contribution < -0.4 is 15.2 Å². The van der Waals surface area contributed by atoms with Crippen LogP contribution in [0.5, 0.6) is 0 Å². The van der Waals surface area contributed by atoms with Crippen LogP contribution in [0.4, 0.5) is 0 Å². The smallest absolute Gasteiger partial charge is 0.277 e. The average molecular weight is 249 g/mol. The van der Waals surface area contributed by atoms with Crippen LogP contribution in [0, 0.1) is 5.92 Å². The molecule has 16 heavy (non-hydrogen) atoms. The van der Waals surface area contributed by atoms with E-state index in [1.807, 2.05) is 0 Å². The molecule has 1 rings (SSSR count). The number of nitrogens with one attached hydrogen (secondary N) is 2. The number of hydrogen-bond donors (Lipinski definition) is 3. The van der Waals surface area contributed by atoms with E-state index < -0.39 is 15.7 Å². The largest absolute Gasteiger partial charge is 0.329 e. The lowest BCUT2D eigenvalue weighted by Crippen LogP contribution is -2.57. The Bertz CT molecular complexity index is 308. The normalized spacial score (nSPS) is 31.6. The van der Waals surface area contributed by atoms with E-state index in [0.717, 1.165) is 25.7 Å². The van der Waals surface area contributed by atoms with Gasteiger partial charge >= 0.3 is 0 Å². The molecule has 0 radical (unpaired) electrons. The van der Waals surface area contributed by atoms with Crippen molar-refractivity contribution in [3.05, 3.63) is 0 Å². The molecule has 5 nitrogen and oxygen atoms in total.